The number of rotatable bonds is 16. The highest BCUT2D eigenvalue weighted by Crippen LogP contribution is 2.55. The van der Waals surface area contributed by atoms with Crippen molar-refractivity contribution in [2.24, 2.45) is 0 Å². The summed E-state index contributed by atoms with van der Waals surface area (Å²) in [5, 5.41) is 22.6. The van der Waals surface area contributed by atoms with Crippen LogP contribution in [0.2, 0.25) is 0 Å². The molecule has 2 heterocycles. The molecule has 0 spiro atoms. The smallest absolute Gasteiger partial charge is 0.408 e. The first kappa shape index (κ1) is 38.0. The van der Waals surface area contributed by atoms with E-state index in [0.29, 0.717) is 36.2 Å². The number of aliphatic hydroxyl groups is 1. The third-order valence-electron chi connectivity index (χ3n) is 8.25. The first-order valence-electron chi connectivity index (χ1n) is 16.0. The van der Waals surface area contributed by atoms with Gasteiger partial charge in [0.2, 0.25) is 11.6 Å². The minimum atomic E-state index is -4.17. The quantitative estimate of drug-likeness (QED) is 0.0418. The maximum atomic E-state index is 14.4. The van der Waals surface area contributed by atoms with Crippen molar-refractivity contribution in [3.8, 4) is 22.6 Å². The fourth-order valence-corrected chi connectivity index (χ4v) is 7.25. The average Bonchev–Trinajstić information content (AvgIpc) is 3.49. The molecule has 51 heavy (non-hydrogen) atoms. The number of benzene rings is 3. The molecule has 0 bridgehead atoms. The third-order valence-corrected chi connectivity index (χ3v) is 10.6. The lowest BCUT2D eigenvalue weighted by Crippen LogP contribution is -2.34. The molecule has 1 aromatic heterocycles. The number of hydrogen-bond acceptors (Lipinski definition) is 10. The Hall–Kier alpha value is -4.21. The number of hydrogen-bond donors (Lipinski definition) is 2. The number of aromatic amines is 1. The molecular weight excluding hydrogens is 710 g/mol. The van der Waals surface area contributed by atoms with E-state index in [1.165, 1.54) is 29.9 Å². The van der Waals surface area contributed by atoms with Crippen LogP contribution in [0.4, 0.5) is 10.1 Å². The Kier molecular flexibility index (Phi) is 12.6. The van der Waals surface area contributed by atoms with Crippen molar-refractivity contribution in [1.82, 2.24) is 14.2 Å². The summed E-state index contributed by atoms with van der Waals surface area (Å²) < 4.78 is 54.1. The number of alkyl halides is 1. The SMILES string of the molecule is CC(OP(=O)(OCC1OC(n2cc(F)c(=O)[nH]c2=O)CC1O)N(C)CCCCCl)c1ccc([N+](=O)[O-])c(Oc2ccc(-c3ccccc3)cc2)c1. The Balaban J connectivity index is 1.33. The molecule has 0 radical (unpaired) electrons. The predicted octanol–water partition coefficient (Wildman–Crippen LogP) is 6.54. The number of unbranched alkanes of at least 4 members (excludes halogenated alkanes) is 1. The Bertz CT molecular complexity index is 1980. The van der Waals surface area contributed by atoms with Gasteiger partial charge in [0.25, 0.3) is 5.56 Å². The molecule has 5 atom stereocenters. The van der Waals surface area contributed by atoms with Gasteiger partial charge >= 0.3 is 19.1 Å². The van der Waals surface area contributed by atoms with E-state index >= 15 is 0 Å². The highest BCUT2D eigenvalue weighted by molar-refractivity contribution is 7.51. The molecule has 1 aliphatic heterocycles. The van der Waals surface area contributed by atoms with Crippen LogP contribution in [0.3, 0.4) is 0 Å². The molecule has 1 saturated heterocycles. The molecule has 17 heteroatoms. The second-order valence-corrected chi connectivity index (χ2v) is 14.3. The van der Waals surface area contributed by atoms with E-state index in [0.717, 1.165) is 15.7 Å². The number of aromatic nitrogens is 2. The van der Waals surface area contributed by atoms with Crippen LogP contribution in [-0.4, -0.2) is 62.5 Å². The molecule has 1 aliphatic rings. The zero-order chi connectivity index (χ0) is 36.7. The zero-order valence-corrected chi connectivity index (χ0v) is 29.4. The Morgan fingerprint density at radius 1 is 1.14 bits per heavy atom. The lowest BCUT2D eigenvalue weighted by molar-refractivity contribution is -0.385. The van der Waals surface area contributed by atoms with Crippen LogP contribution in [0.15, 0.2) is 88.6 Å². The highest BCUT2D eigenvalue weighted by Gasteiger charge is 2.40. The lowest BCUT2D eigenvalue weighted by atomic mass is 10.1. The molecule has 0 amide bonds. The van der Waals surface area contributed by atoms with Gasteiger partial charge in [0, 0.05) is 24.9 Å². The molecule has 5 unspecified atom stereocenters. The van der Waals surface area contributed by atoms with E-state index < -0.39 is 60.9 Å². The molecule has 2 N–H and O–H groups in total. The van der Waals surface area contributed by atoms with Crippen molar-refractivity contribution in [3.63, 3.8) is 0 Å². The highest BCUT2D eigenvalue weighted by atomic mass is 35.5. The maximum Gasteiger partial charge on any atom is 0.408 e. The molecule has 0 saturated carbocycles. The summed E-state index contributed by atoms with van der Waals surface area (Å²) in [6.45, 7) is 1.40. The van der Waals surface area contributed by atoms with Gasteiger partial charge in [-0.1, -0.05) is 42.5 Å². The maximum absolute atomic E-state index is 14.4. The number of nitrogens with one attached hydrogen (secondary N) is 1. The summed E-state index contributed by atoms with van der Waals surface area (Å²) in [6, 6.07) is 20.9. The molecule has 5 rings (SSSR count). The van der Waals surface area contributed by atoms with Gasteiger partial charge in [-0.05, 0) is 67.8 Å². The van der Waals surface area contributed by atoms with E-state index in [1.54, 1.807) is 19.1 Å². The molecule has 0 aliphatic carbocycles. The zero-order valence-electron chi connectivity index (χ0n) is 27.7. The van der Waals surface area contributed by atoms with Crippen molar-refractivity contribution in [2.75, 3.05) is 26.1 Å². The number of H-pyrrole nitrogens is 1. The molecular formula is C34H37ClFN4O10P. The molecule has 272 valence electrons. The fraction of sp³-hybridized carbons (Fsp3) is 0.353. The van der Waals surface area contributed by atoms with Gasteiger partial charge in [0.05, 0.1) is 29.9 Å². The van der Waals surface area contributed by atoms with Crippen LogP contribution < -0.4 is 16.0 Å². The average molecular weight is 747 g/mol. The number of aliphatic hydroxyl groups excluding tert-OH is 1. The van der Waals surface area contributed by atoms with Gasteiger partial charge in [0.1, 0.15) is 18.1 Å². The van der Waals surface area contributed by atoms with E-state index in [-0.39, 0.29) is 24.4 Å². The monoisotopic (exact) mass is 746 g/mol. The number of nitro benzene ring substituents is 1. The van der Waals surface area contributed by atoms with Crippen LogP contribution in [0.1, 0.15) is 44.1 Å². The summed E-state index contributed by atoms with van der Waals surface area (Å²) in [7, 11) is -2.64. The fourth-order valence-electron chi connectivity index (χ4n) is 5.40. The molecule has 1 fully saturated rings. The summed E-state index contributed by atoms with van der Waals surface area (Å²) in [6.07, 6.45) is -2.69. The third kappa shape index (κ3) is 9.37. The Morgan fingerprint density at radius 3 is 2.53 bits per heavy atom. The van der Waals surface area contributed by atoms with Gasteiger partial charge in [-0.25, -0.2) is 14.0 Å². The second-order valence-electron chi connectivity index (χ2n) is 11.8. The molecule has 14 nitrogen and oxygen atoms in total. The van der Waals surface area contributed by atoms with Gasteiger partial charge in [0.15, 0.2) is 0 Å². The van der Waals surface area contributed by atoms with Crippen molar-refractivity contribution >= 4 is 25.0 Å². The minimum absolute atomic E-state index is 0.0610. The summed E-state index contributed by atoms with van der Waals surface area (Å²) in [5.74, 6) is -0.532. The van der Waals surface area contributed by atoms with Crippen LogP contribution in [-0.2, 0) is 18.3 Å². The van der Waals surface area contributed by atoms with E-state index in [4.69, 9.17) is 30.1 Å². The number of halogens is 2. The van der Waals surface area contributed by atoms with Crippen molar-refractivity contribution in [2.45, 2.75) is 50.7 Å². The largest absolute Gasteiger partial charge is 0.450 e. The molecule has 3 aromatic carbocycles. The van der Waals surface area contributed by atoms with Crippen LogP contribution in [0.5, 0.6) is 11.5 Å². The van der Waals surface area contributed by atoms with Crippen molar-refractivity contribution in [3.05, 3.63) is 121 Å². The van der Waals surface area contributed by atoms with Crippen molar-refractivity contribution < 1.29 is 37.5 Å². The summed E-state index contributed by atoms with van der Waals surface area (Å²) in [4.78, 5) is 36.9. The van der Waals surface area contributed by atoms with Crippen molar-refractivity contribution in [1.29, 1.82) is 0 Å². The first-order valence-corrected chi connectivity index (χ1v) is 18.1. The van der Waals surface area contributed by atoms with Gasteiger partial charge < -0.3 is 14.6 Å². The second kappa shape index (κ2) is 16.9. The Labute approximate surface area is 297 Å². The van der Waals surface area contributed by atoms with Crippen LogP contribution >= 0.6 is 19.3 Å². The summed E-state index contributed by atoms with van der Waals surface area (Å²) in [5.41, 5.74) is -0.0913. The molecule has 4 aromatic rings. The predicted molar refractivity (Wildman–Crippen MR) is 187 cm³/mol. The van der Waals surface area contributed by atoms with E-state index in [1.807, 2.05) is 47.4 Å². The van der Waals surface area contributed by atoms with Crippen LogP contribution in [0, 0.1) is 15.9 Å². The topological polar surface area (TPSA) is 175 Å². The van der Waals surface area contributed by atoms with Gasteiger partial charge in [-0.3, -0.25) is 33.5 Å². The normalized spacial score (nSPS) is 19.1. The number of nitro groups is 1. The standard InChI is InChI=1S/C34H37ClFN4O10P/c1-22(25-12-15-28(40(44)45)30(18-25)48-26-13-10-24(11-14-26)23-8-4-3-5-9-23)50-51(46,38(2)17-7-6-16-35)47-21-31-29(41)19-32(49-31)39-20-27(36)33(42)37-34(39)43/h3-5,8-15,18,20,22,29,31-32,41H,6-7,16-17,19,21H2,1-2H3,(H,37,42,43). The first-order chi connectivity index (χ1) is 24.4. The van der Waals surface area contributed by atoms with Gasteiger partial charge in [-0.15, -0.1) is 11.6 Å². The van der Waals surface area contributed by atoms with E-state index in [2.05, 4.69) is 0 Å². The summed E-state index contributed by atoms with van der Waals surface area (Å²) >= 11 is 5.84. The Morgan fingerprint density at radius 2 is 1.84 bits per heavy atom. The number of nitrogens with zero attached hydrogens (tertiary/aromatic N) is 3. The number of ether oxygens (including phenoxy) is 2. The van der Waals surface area contributed by atoms with Crippen LogP contribution in [0.25, 0.3) is 11.1 Å². The van der Waals surface area contributed by atoms with E-state index in [9.17, 15) is 33.8 Å². The van der Waals surface area contributed by atoms with Gasteiger partial charge in [-0.2, -0.15) is 4.39 Å². The minimum Gasteiger partial charge on any atom is -0.450 e. The lowest BCUT2D eigenvalue weighted by Gasteiger charge is -2.30.